The number of rotatable bonds is 13. The summed E-state index contributed by atoms with van der Waals surface area (Å²) in [7, 11) is 1.62. The zero-order valence-electron chi connectivity index (χ0n) is 19.1. The molecule has 6 nitrogen and oxygen atoms in total. The molecule has 0 aliphatic carbocycles. The van der Waals surface area contributed by atoms with Crippen molar-refractivity contribution in [3.05, 3.63) is 58.6 Å². The fraction of sp³-hybridized carbons (Fsp3) is 0.440. The van der Waals surface area contributed by atoms with Crippen LogP contribution in [0.4, 0.5) is 0 Å². The molecule has 0 saturated heterocycles. The summed E-state index contributed by atoms with van der Waals surface area (Å²) in [4.78, 5) is 27.4. The van der Waals surface area contributed by atoms with E-state index in [0.29, 0.717) is 32.5 Å². The SMILES string of the molecule is CCCCNC(=O)[C@H](C)N(Cc1cccc(Br)c1)C(=O)CCCOc1ccc(OC)cc1. The maximum atomic E-state index is 13.1. The highest BCUT2D eigenvalue weighted by Gasteiger charge is 2.25. The maximum absolute atomic E-state index is 13.1. The van der Waals surface area contributed by atoms with Gasteiger partial charge in [0.2, 0.25) is 11.8 Å². The van der Waals surface area contributed by atoms with Gasteiger partial charge in [0.1, 0.15) is 17.5 Å². The van der Waals surface area contributed by atoms with Crippen LogP contribution in [0.5, 0.6) is 11.5 Å². The van der Waals surface area contributed by atoms with E-state index in [9.17, 15) is 9.59 Å². The van der Waals surface area contributed by atoms with Crippen LogP contribution in [0.2, 0.25) is 0 Å². The Morgan fingerprint density at radius 3 is 2.47 bits per heavy atom. The molecule has 0 fully saturated rings. The third-order valence-electron chi connectivity index (χ3n) is 5.10. The minimum atomic E-state index is -0.555. The molecule has 0 unspecified atom stereocenters. The van der Waals surface area contributed by atoms with Crippen LogP contribution >= 0.6 is 15.9 Å². The van der Waals surface area contributed by atoms with E-state index < -0.39 is 6.04 Å². The highest BCUT2D eigenvalue weighted by atomic mass is 79.9. The molecule has 2 rings (SSSR count). The summed E-state index contributed by atoms with van der Waals surface area (Å²) < 4.78 is 11.8. The predicted octanol–water partition coefficient (Wildman–Crippen LogP) is 4.95. The van der Waals surface area contributed by atoms with Gasteiger partial charge < -0.3 is 19.7 Å². The van der Waals surface area contributed by atoms with Crippen molar-refractivity contribution in [3.63, 3.8) is 0 Å². The average molecular weight is 505 g/mol. The molecule has 1 atom stereocenters. The van der Waals surface area contributed by atoms with Gasteiger partial charge in [-0.25, -0.2) is 0 Å². The van der Waals surface area contributed by atoms with Crippen LogP contribution in [0, 0.1) is 0 Å². The Labute approximate surface area is 199 Å². The van der Waals surface area contributed by atoms with Crippen LogP contribution in [-0.2, 0) is 16.1 Å². The Morgan fingerprint density at radius 1 is 1.09 bits per heavy atom. The Hall–Kier alpha value is -2.54. The van der Waals surface area contributed by atoms with Crippen LogP contribution in [0.1, 0.15) is 45.1 Å². The first-order chi connectivity index (χ1) is 15.4. The molecule has 0 bridgehead atoms. The number of ether oxygens (including phenoxy) is 2. The number of hydrogen-bond acceptors (Lipinski definition) is 4. The third kappa shape index (κ3) is 8.54. The van der Waals surface area contributed by atoms with E-state index in [4.69, 9.17) is 9.47 Å². The van der Waals surface area contributed by atoms with Gasteiger partial charge in [-0.1, -0.05) is 41.4 Å². The highest BCUT2D eigenvalue weighted by molar-refractivity contribution is 9.10. The van der Waals surface area contributed by atoms with E-state index in [1.807, 2.05) is 48.5 Å². The second kappa shape index (κ2) is 13.8. The van der Waals surface area contributed by atoms with E-state index >= 15 is 0 Å². The van der Waals surface area contributed by atoms with Gasteiger partial charge in [0.05, 0.1) is 13.7 Å². The quantitative estimate of drug-likeness (QED) is 0.391. The second-order valence-electron chi connectivity index (χ2n) is 7.60. The zero-order valence-corrected chi connectivity index (χ0v) is 20.7. The van der Waals surface area contributed by atoms with Crippen molar-refractivity contribution in [2.45, 2.75) is 52.1 Å². The van der Waals surface area contributed by atoms with Crippen molar-refractivity contribution >= 4 is 27.7 Å². The smallest absolute Gasteiger partial charge is 0.242 e. The van der Waals surface area contributed by atoms with Crippen LogP contribution in [0.15, 0.2) is 53.0 Å². The Morgan fingerprint density at radius 2 is 1.81 bits per heavy atom. The van der Waals surface area contributed by atoms with Crippen LogP contribution < -0.4 is 14.8 Å². The number of halogens is 1. The molecular weight excluding hydrogens is 472 g/mol. The summed E-state index contributed by atoms with van der Waals surface area (Å²) in [5, 5.41) is 2.94. The van der Waals surface area contributed by atoms with Crippen molar-refractivity contribution in [1.82, 2.24) is 10.2 Å². The molecule has 2 amide bonds. The zero-order chi connectivity index (χ0) is 23.3. The number of benzene rings is 2. The number of methoxy groups -OCH3 is 1. The van der Waals surface area contributed by atoms with Crippen LogP contribution in [0.3, 0.4) is 0 Å². The van der Waals surface area contributed by atoms with Crippen molar-refractivity contribution in [1.29, 1.82) is 0 Å². The molecule has 2 aromatic rings. The van der Waals surface area contributed by atoms with Gasteiger partial charge >= 0.3 is 0 Å². The second-order valence-corrected chi connectivity index (χ2v) is 8.52. The van der Waals surface area contributed by atoms with Gasteiger partial charge in [0.25, 0.3) is 0 Å². The molecule has 0 saturated carbocycles. The van der Waals surface area contributed by atoms with E-state index in [-0.39, 0.29) is 11.8 Å². The van der Waals surface area contributed by atoms with Crippen molar-refractivity contribution in [2.24, 2.45) is 0 Å². The first kappa shape index (κ1) is 25.7. The molecule has 0 heterocycles. The minimum absolute atomic E-state index is 0.0681. The van der Waals surface area contributed by atoms with Crippen LogP contribution in [0.25, 0.3) is 0 Å². The molecule has 0 spiro atoms. The Balaban J connectivity index is 1.96. The lowest BCUT2D eigenvalue weighted by Gasteiger charge is -2.29. The average Bonchev–Trinajstić information content (AvgIpc) is 2.80. The fourth-order valence-electron chi connectivity index (χ4n) is 3.18. The standard InChI is InChI=1S/C25H33BrN2O4/c1-4-5-15-27-25(30)19(2)28(18-20-8-6-9-21(26)17-20)24(29)10-7-16-32-23-13-11-22(31-3)12-14-23/h6,8-9,11-14,17,19H,4-5,7,10,15-16,18H2,1-3H3,(H,27,30)/t19-/m0/s1. The van der Waals surface area contributed by atoms with E-state index in [2.05, 4.69) is 28.2 Å². The summed E-state index contributed by atoms with van der Waals surface area (Å²) in [5.74, 6) is 1.30. The first-order valence-electron chi connectivity index (χ1n) is 11.0. The van der Waals surface area contributed by atoms with Gasteiger partial charge in [-0.05, 0) is 61.7 Å². The monoisotopic (exact) mass is 504 g/mol. The number of unbranched alkanes of at least 4 members (excludes halogenated alkanes) is 1. The van der Waals surface area contributed by atoms with Crippen molar-refractivity contribution < 1.29 is 19.1 Å². The Kier molecular flexibility index (Phi) is 11.1. The summed E-state index contributed by atoms with van der Waals surface area (Å²) in [6.07, 6.45) is 2.78. The molecule has 174 valence electrons. The lowest BCUT2D eigenvalue weighted by atomic mass is 10.1. The maximum Gasteiger partial charge on any atom is 0.242 e. The fourth-order valence-corrected chi connectivity index (χ4v) is 3.63. The molecule has 32 heavy (non-hydrogen) atoms. The molecular formula is C25H33BrN2O4. The van der Waals surface area contributed by atoms with Gasteiger partial charge in [0.15, 0.2) is 0 Å². The number of hydrogen-bond donors (Lipinski definition) is 1. The summed E-state index contributed by atoms with van der Waals surface area (Å²) in [6.45, 7) is 5.27. The topological polar surface area (TPSA) is 67.9 Å². The predicted molar refractivity (Wildman–Crippen MR) is 130 cm³/mol. The van der Waals surface area contributed by atoms with Crippen molar-refractivity contribution in [3.8, 4) is 11.5 Å². The van der Waals surface area contributed by atoms with Crippen molar-refractivity contribution in [2.75, 3.05) is 20.3 Å². The van der Waals surface area contributed by atoms with E-state index in [1.165, 1.54) is 0 Å². The van der Waals surface area contributed by atoms with E-state index in [1.54, 1.807) is 18.9 Å². The highest BCUT2D eigenvalue weighted by Crippen LogP contribution is 2.18. The molecule has 0 aromatic heterocycles. The normalized spacial score (nSPS) is 11.5. The molecule has 0 aliphatic heterocycles. The van der Waals surface area contributed by atoms with E-state index in [0.717, 1.165) is 34.4 Å². The first-order valence-corrected chi connectivity index (χ1v) is 11.8. The molecule has 7 heteroatoms. The third-order valence-corrected chi connectivity index (χ3v) is 5.60. The van der Waals surface area contributed by atoms with Gasteiger partial charge in [-0.3, -0.25) is 9.59 Å². The number of carbonyl (C=O) groups is 2. The number of amides is 2. The van der Waals surface area contributed by atoms with Gasteiger partial charge in [0, 0.05) is 24.0 Å². The summed E-state index contributed by atoms with van der Waals surface area (Å²) in [6, 6.07) is 14.6. The lowest BCUT2D eigenvalue weighted by molar-refractivity contribution is -0.140. The summed E-state index contributed by atoms with van der Waals surface area (Å²) >= 11 is 3.47. The molecule has 0 aliphatic rings. The van der Waals surface area contributed by atoms with Crippen LogP contribution in [-0.4, -0.2) is 43.0 Å². The van der Waals surface area contributed by atoms with Gasteiger partial charge in [-0.2, -0.15) is 0 Å². The lowest BCUT2D eigenvalue weighted by Crippen LogP contribution is -2.47. The summed E-state index contributed by atoms with van der Waals surface area (Å²) in [5.41, 5.74) is 0.968. The Bertz CT molecular complexity index is 857. The molecule has 1 N–H and O–H groups in total. The molecule has 2 aromatic carbocycles. The largest absolute Gasteiger partial charge is 0.497 e. The van der Waals surface area contributed by atoms with Gasteiger partial charge in [-0.15, -0.1) is 0 Å². The molecule has 0 radical (unpaired) electrons. The number of carbonyl (C=O) groups excluding carboxylic acids is 2. The number of nitrogens with one attached hydrogen (secondary N) is 1. The number of nitrogens with zero attached hydrogens (tertiary/aromatic N) is 1. The minimum Gasteiger partial charge on any atom is -0.497 e.